The smallest absolute Gasteiger partial charge is 0.330 e. The van der Waals surface area contributed by atoms with Crippen molar-refractivity contribution in [2.45, 2.75) is 86.5 Å². The van der Waals surface area contributed by atoms with E-state index in [1.807, 2.05) is 12.2 Å². The molecule has 0 aliphatic heterocycles. The third kappa shape index (κ3) is 96.0. The van der Waals surface area contributed by atoms with E-state index in [-0.39, 0.29) is 244 Å². The number of hydrogen-bond donors (Lipinski definition) is 10. The molecule has 48 heteroatoms. The van der Waals surface area contributed by atoms with Gasteiger partial charge < -0.3 is 174 Å². The summed E-state index contributed by atoms with van der Waals surface area (Å²) < 4.78 is 135. The van der Waals surface area contributed by atoms with E-state index in [0.29, 0.717) is 32.8 Å². The number of ether oxygens (including phenoxy) is 26. The minimum Gasteiger partial charge on any atom is -0.460 e. The Labute approximate surface area is 803 Å². The molecule has 138 heavy (non-hydrogen) atoms. The molecule has 0 aromatic heterocycles. The molecule has 0 aliphatic carbocycles. The van der Waals surface area contributed by atoms with Crippen molar-refractivity contribution in [2.75, 3.05) is 264 Å². The zero-order valence-electron chi connectivity index (χ0n) is 78.4. The fourth-order valence-electron chi connectivity index (χ4n) is 8.17. The van der Waals surface area contributed by atoms with Crippen molar-refractivity contribution >= 4 is 71.4 Å². The molecule has 0 saturated heterocycles. The fraction of sp³-hybridized carbons (Fsp3) is 0.600. The minimum atomic E-state index is -1.48. The van der Waals surface area contributed by atoms with Crippen molar-refractivity contribution in [3.05, 3.63) is 152 Å². The summed E-state index contributed by atoms with van der Waals surface area (Å²) in [6.07, 6.45) is 1.55. The average Bonchev–Trinajstić information content (AvgIpc) is 0.865. The maximum Gasteiger partial charge on any atom is 0.330 e. The Hall–Kier alpha value is -10.3. The van der Waals surface area contributed by atoms with Crippen LogP contribution in [0.4, 0.5) is 0 Å². The van der Waals surface area contributed by atoms with Crippen molar-refractivity contribution in [1.82, 2.24) is 5.32 Å². The fourth-order valence-corrected chi connectivity index (χ4v) is 8.17. The van der Waals surface area contributed by atoms with Crippen LogP contribution in [0, 0.1) is 0 Å². The topological polar surface area (TPSA) is 639 Å². The van der Waals surface area contributed by atoms with Crippen LogP contribution in [0.5, 0.6) is 0 Å². The quantitative estimate of drug-likeness (QED) is 0.0100. The highest BCUT2D eigenvalue weighted by molar-refractivity contribution is 5.90. The van der Waals surface area contributed by atoms with Crippen LogP contribution in [0.15, 0.2) is 152 Å². The van der Waals surface area contributed by atoms with Gasteiger partial charge in [-0.3, -0.25) is 9.59 Å². The maximum atomic E-state index is 11.2. The van der Waals surface area contributed by atoms with E-state index in [1.54, 1.807) is 0 Å². The summed E-state index contributed by atoms with van der Waals surface area (Å²) in [5, 5.41) is 89.4. The molecule has 0 radical (unpaired) electrons. The Morgan fingerprint density at radius 2 is 0.486 bits per heavy atom. The van der Waals surface area contributed by atoms with Gasteiger partial charge >= 0.3 is 59.7 Å². The predicted molar refractivity (Wildman–Crippen MR) is 484 cm³/mol. The van der Waals surface area contributed by atoms with Crippen LogP contribution in [-0.2, 0) is 181 Å². The highest BCUT2D eigenvalue weighted by Crippen LogP contribution is 2.17. The molecule has 9 unspecified atom stereocenters. The molecule has 0 spiro atoms. The SMILES string of the molecule is C=CC(=O)CC(O)C(O)NC(=O)C=C.C=CC(=O)OCC(O)COCCCOC(COCCOCC(O)COC(=O)C=C)(COCCOCC(O)COC(=O)C=C)COCCOCC(O)COC(=O)C=C.C=CC(=O)OCC(O)COCCOCC(COCCOCC(O)COC(=O)C=C)OCCOCC(O)COC(=O)C=C.C=CC(=O)OCCOC(=O)C=C.C=CC(=O)OCCOCCOCC. The first-order chi connectivity index (χ1) is 66.1. The zero-order chi connectivity index (χ0) is 104. The van der Waals surface area contributed by atoms with Crippen molar-refractivity contribution < 1.29 is 227 Å². The number of aliphatic hydroxyl groups excluding tert-OH is 9. The molecule has 0 aliphatic rings. The number of carbonyl (C=O) groups excluding carboxylic acids is 12. The predicted octanol–water partition coefficient (Wildman–Crippen LogP) is -2.34. The molecule has 0 aromatic carbocycles. The summed E-state index contributed by atoms with van der Waals surface area (Å²) in [5.41, 5.74) is -1.23. The second kappa shape index (κ2) is 98.3. The summed E-state index contributed by atoms with van der Waals surface area (Å²) in [4.78, 5) is 131. The van der Waals surface area contributed by atoms with Crippen molar-refractivity contribution in [3.63, 3.8) is 0 Å². The van der Waals surface area contributed by atoms with E-state index in [0.717, 1.165) is 72.9 Å². The molecule has 48 nitrogen and oxygen atoms in total. The Kier molecular flexibility index (Phi) is 97.0. The van der Waals surface area contributed by atoms with E-state index < -0.39 is 138 Å². The molecule has 1 amide bonds. The van der Waals surface area contributed by atoms with Gasteiger partial charge in [-0.25, -0.2) is 47.9 Å². The first kappa shape index (κ1) is 136. The Morgan fingerprint density at radius 3 is 0.754 bits per heavy atom. The number of esters is 10. The van der Waals surface area contributed by atoms with Crippen LogP contribution in [0.3, 0.4) is 0 Å². The lowest BCUT2D eigenvalue weighted by Crippen LogP contribution is -2.48. The van der Waals surface area contributed by atoms with Crippen LogP contribution in [0.1, 0.15) is 19.8 Å². The normalized spacial score (nSPS) is 13.1. The first-order valence-corrected chi connectivity index (χ1v) is 42.6. The van der Waals surface area contributed by atoms with Crippen LogP contribution < -0.4 is 5.32 Å². The van der Waals surface area contributed by atoms with Gasteiger partial charge in [0, 0.05) is 87.0 Å². The summed E-state index contributed by atoms with van der Waals surface area (Å²) in [5.74, 6) is -7.18. The number of nitrogens with one attached hydrogen (secondary N) is 1. The van der Waals surface area contributed by atoms with Crippen molar-refractivity contribution in [2.24, 2.45) is 0 Å². The van der Waals surface area contributed by atoms with E-state index >= 15 is 0 Å². The van der Waals surface area contributed by atoms with Gasteiger partial charge in [-0.1, -0.05) is 78.9 Å². The molecular weight excluding hydrogens is 1850 g/mol. The van der Waals surface area contributed by atoms with Crippen LogP contribution in [0.2, 0.25) is 0 Å². The highest BCUT2D eigenvalue weighted by Gasteiger charge is 2.34. The van der Waals surface area contributed by atoms with E-state index in [2.05, 4.69) is 93.2 Å². The molecule has 0 aromatic rings. The second-order valence-electron chi connectivity index (χ2n) is 26.6. The van der Waals surface area contributed by atoms with Crippen molar-refractivity contribution in [1.29, 1.82) is 0 Å². The number of aliphatic hydroxyl groups is 9. The molecule has 0 rings (SSSR count). The van der Waals surface area contributed by atoms with E-state index in [1.165, 1.54) is 0 Å². The first-order valence-electron chi connectivity index (χ1n) is 42.6. The summed E-state index contributed by atoms with van der Waals surface area (Å²) in [6, 6.07) is 0. The second-order valence-corrected chi connectivity index (χ2v) is 26.6. The number of rotatable bonds is 88. The Bertz CT molecular complexity index is 3090. The van der Waals surface area contributed by atoms with Gasteiger partial charge in [0.15, 0.2) is 12.0 Å². The average molecular weight is 1990 g/mol. The lowest BCUT2D eigenvalue weighted by atomic mass is 10.1. The van der Waals surface area contributed by atoms with Gasteiger partial charge in [-0.2, -0.15) is 0 Å². The van der Waals surface area contributed by atoms with Crippen molar-refractivity contribution in [3.8, 4) is 0 Å². The van der Waals surface area contributed by atoms with Crippen LogP contribution >= 0.6 is 0 Å². The highest BCUT2D eigenvalue weighted by atomic mass is 16.6. The van der Waals surface area contributed by atoms with Gasteiger partial charge in [0.1, 0.15) is 127 Å². The Balaban J connectivity index is -0.000000624. The van der Waals surface area contributed by atoms with Gasteiger partial charge in [-0.05, 0) is 25.5 Å². The van der Waals surface area contributed by atoms with Gasteiger partial charge in [0.25, 0.3) is 0 Å². The molecule has 0 saturated carbocycles. The third-order valence-electron chi connectivity index (χ3n) is 14.8. The molecular formula is C90H143NO47. The summed E-state index contributed by atoms with van der Waals surface area (Å²) in [6.45, 7) is 42.5. The number of amides is 1. The molecule has 0 heterocycles. The van der Waals surface area contributed by atoms with Crippen LogP contribution in [0.25, 0.3) is 0 Å². The summed E-state index contributed by atoms with van der Waals surface area (Å²) >= 11 is 0. The number of carbonyl (C=O) groups is 12. The van der Waals surface area contributed by atoms with Crippen LogP contribution in [-0.4, -0.2) is 448 Å². The zero-order valence-corrected chi connectivity index (χ0v) is 78.4. The molecule has 0 bridgehead atoms. The van der Waals surface area contributed by atoms with E-state index in [4.69, 9.17) is 114 Å². The monoisotopic (exact) mass is 1990 g/mol. The summed E-state index contributed by atoms with van der Waals surface area (Å²) in [7, 11) is 0. The van der Waals surface area contributed by atoms with Gasteiger partial charge in [0.2, 0.25) is 5.91 Å². The number of allylic oxidation sites excluding steroid dienone is 1. The number of hydrogen-bond acceptors (Lipinski definition) is 47. The Morgan fingerprint density at radius 1 is 0.254 bits per heavy atom. The standard InChI is InChI=1S/C37H60O20.C27H44O15.C9H13NO4.C9H16O4.C8H10O4/c1-5-33(42)53-22-29(38)18-46-10-9-11-57-37(26-50-15-12-47-19-30(39)23-54-34(43)6-2,27-51-16-13-48-20-31(40)24-55-35(44)7-3)28-52-17-14-49-21-32(41)25-56-36(45)8-4;1-4-25(31)40-16-21(28)13-34-7-9-37-19-24(39-12-11-36-15-23(30)18-42-27(33)6-3)20-38-10-8-35-14-22(29)17-41-26(32)5-2;1-3-6(11)5-7(12)9(14)10-8(13)4-2;1-3-9(10)13-8-7-12-6-5-11-4-2;1-3-7(9)11-5-6-12-8(10)4-2/h5-8,29-32,38-41H,1-4,9-28H2;4-6,21-24,28-30H,1-3,7-20H2;3-4,7,9,12,14H,1-2,5H2,(H,10,13);3H,1,4-8H2,2H3;3-4H,1-2,5-6H2. The minimum absolute atomic E-state index is 0.0322. The molecule has 10 N–H and O–H groups in total. The van der Waals surface area contributed by atoms with Gasteiger partial charge in [0.05, 0.1) is 178 Å². The molecule has 0 fully saturated rings. The lowest BCUT2D eigenvalue weighted by molar-refractivity contribution is -0.175. The van der Waals surface area contributed by atoms with Gasteiger partial charge in [-0.15, -0.1) is 0 Å². The maximum absolute atomic E-state index is 11.2. The largest absolute Gasteiger partial charge is 0.460 e. The number of ketones is 1. The lowest BCUT2D eigenvalue weighted by Gasteiger charge is -2.33. The third-order valence-corrected chi connectivity index (χ3v) is 14.8. The molecule has 790 valence electrons. The van der Waals surface area contributed by atoms with E-state index in [9.17, 15) is 98.4 Å². The molecule has 9 atom stereocenters.